The maximum absolute atomic E-state index is 13.1. The smallest absolute Gasteiger partial charge is 0.265 e. The number of carbonyl (C=O) groups excluding carboxylic acids is 2. The Morgan fingerprint density at radius 2 is 1.75 bits per heavy atom. The maximum atomic E-state index is 13.1. The normalized spacial score (nSPS) is 19.6. The quantitative estimate of drug-likeness (QED) is 0.734. The van der Waals surface area contributed by atoms with Crippen molar-refractivity contribution in [3.8, 4) is 5.75 Å². The van der Waals surface area contributed by atoms with E-state index in [4.69, 9.17) is 4.74 Å². The molecule has 32 heavy (non-hydrogen) atoms. The molecule has 2 aromatic rings. The number of benzene rings is 2. The molecule has 2 aliphatic rings. The number of nitrogens with one attached hydrogen (secondary N) is 2. The minimum absolute atomic E-state index is 0.0881. The average Bonchev–Trinajstić information content (AvgIpc) is 2.73. The first kappa shape index (κ1) is 22.3. The van der Waals surface area contributed by atoms with E-state index in [0.717, 1.165) is 16.8 Å². The van der Waals surface area contributed by atoms with Crippen molar-refractivity contribution in [2.45, 2.75) is 44.6 Å². The molecule has 0 aromatic heterocycles. The fourth-order valence-electron chi connectivity index (χ4n) is 4.15. The fraction of sp³-hybridized carbons (Fsp3) is 0.391. The highest BCUT2D eigenvalue weighted by molar-refractivity contribution is 7.89. The molecule has 0 bridgehead atoms. The molecule has 170 valence electrons. The summed E-state index contributed by atoms with van der Waals surface area (Å²) in [6.45, 7) is 6.09. The molecule has 0 spiro atoms. The van der Waals surface area contributed by atoms with Gasteiger partial charge >= 0.3 is 0 Å². The Hall–Kier alpha value is -2.91. The van der Waals surface area contributed by atoms with Crippen LogP contribution >= 0.6 is 0 Å². The molecule has 0 radical (unpaired) electrons. The largest absolute Gasteiger partial charge is 0.479 e. The molecular weight excluding hydrogens is 430 g/mol. The Balaban J connectivity index is 1.42. The number of piperidine rings is 1. The first-order valence-electron chi connectivity index (χ1n) is 10.6. The van der Waals surface area contributed by atoms with E-state index in [9.17, 15) is 18.0 Å². The molecule has 1 fully saturated rings. The Labute approximate surface area is 188 Å². The zero-order valence-electron chi connectivity index (χ0n) is 18.3. The van der Waals surface area contributed by atoms with Gasteiger partial charge in [-0.3, -0.25) is 9.59 Å². The summed E-state index contributed by atoms with van der Waals surface area (Å²) in [4.78, 5) is 24.6. The van der Waals surface area contributed by atoms with Crippen LogP contribution in [0.4, 0.5) is 11.4 Å². The van der Waals surface area contributed by atoms with Gasteiger partial charge in [0.1, 0.15) is 5.75 Å². The van der Waals surface area contributed by atoms with Crippen LogP contribution in [0, 0.1) is 19.8 Å². The van der Waals surface area contributed by atoms with Gasteiger partial charge in [-0.25, -0.2) is 8.42 Å². The molecule has 2 N–H and O–H groups in total. The molecule has 0 saturated carbocycles. The van der Waals surface area contributed by atoms with Gasteiger partial charge in [-0.15, -0.1) is 0 Å². The van der Waals surface area contributed by atoms with Crippen LogP contribution in [0.15, 0.2) is 41.3 Å². The Morgan fingerprint density at radius 1 is 1.09 bits per heavy atom. The van der Waals surface area contributed by atoms with Gasteiger partial charge in [-0.2, -0.15) is 4.31 Å². The van der Waals surface area contributed by atoms with Gasteiger partial charge in [0.15, 0.2) is 6.10 Å². The van der Waals surface area contributed by atoms with Crippen LogP contribution in [0.1, 0.15) is 30.9 Å². The minimum atomic E-state index is -3.75. The third-order valence-electron chi connectivity index (χ3n) is 5.83. The van der Waals surface area contributed by atoms with Crippen LogP contribution in [0.5, 0.6) is 5.75 Å². The molecule has 0 aliphatic carbocycles. The molecule has 9 heteroatoms. The van der Waals surface area contributed by atoms with Gasteiger partial charge in [0, 0.05) is 24.7 Å². The van der Waals surface area contributed by atoms with E-state index in [0.29, 0.717) is 24.3 Å². The third-order valence-corrected chi connectivity index (χ3v) is 7.73. The zero-order valence-corrected chi connectivity index (χ0v) is 19.2. The molecule has 2 amide bonds. The van der Waals surface area contributed by atoms with Crippen LogP contribution < -0.4 is 15.4 Å². The lowest BCUT2D eigenvalue weighted by molar-refractivity contribution is -0.123. The van der Waals surface area contributed by atoms with E-state index in [1.807, 2.05) is 32.0 Å². The van der Waals surface area contributed by atoms with Crippen LogP contribution in [0.3, 0.4) is 0 Å². The first-order chi connectivity index (χ1) is 15.1. The van der Waals surface area contributed by atoms with E-state index in [1.54, 1.807) is 13.0 Å². The predicted octanol–water partition coefficient (Wildman–Crippen LogP) is 3.06. The van der Waals surface area contributed by atoms with Gasteiger partial charge in [-0.05, 0) is 75.1 Å². The van der Waals surface area contributed by atoms with Crippen molar-refractivity contribution in [1.29, 1.82) is 0 Å². The average molecular weight is 458 g/mol. The highest BCUT2D eigenvalue weighted by Crippen LogP contribution is 2.33. The number of nitrogens with zero attached hydrogens (tertiary/aromatic N) is 1. The second-order valence-electron chi connectivity index (χ2n) is 8.45. The summed E-state index contributed by atoms with van der Waals surface area (Å²) in [5.41, 5.74) is 3.25. The van der Waals surface area contributed by atoms with Gasteiger partial charge < -0.3 is 15.4 Å². The molecule has 0 unspecified atom stereocenters. The van der Waals surface area contributed by atoms with E-state index in [-0.39, 0.29) is 35.7 Å². The number of hydrogen-bond donors (Lipinski definition) is 2. The number of aryl methyl sites for hydroxylation is 2. The van der Waals surface area contributed by atoms with Crippen molar-refractivity contribution in [1.82, 2.24) is 4.31 Å². The van der Waals surface area contributed by atoms with E-state index in [1.165, 1.54) is 16.4 Å². The first-order valence-corrected chi connectivity index (χ1v) is 12.1. The number of sulfonamides is 1. The number of carbonyl (C=O) groups is 2. The monoisotopic (exact) mass is 457 g/mol. The lowest BCUT2D eigenvalue weighted by atomic mass is 9.97. The summed E-state index contributed by atoms with van der Waals surface area (Å²) in [6.07, 6.45) is 0.259. The lowest BCUT2D eigenvalue weighted by Gasteiger charge is -2.31. The summed E-state index contributed by atoms with van der Waals surface area (Å²) in [7, 11) is -3.75. The van der Waals surface area contributed by atoms with Crippen molar-refractivity contribution in [3.05, 3.63) is 47.5 Å². The summed E-state index contributed by atoms with van der Waals surface area (Å²) >= 11 is 0. The SMILES string of the molecule is Cc1cc(C)cc(NC(=O)C2CCN(S(=O)(=O)c3ccc4c(c3)NC(=O)[C@@H](C)O4)CC2)c1. The van der Waals surface area contributed by atoms with Crippen LogP contribution in [0.25, 0.3) is 0 Å². The number of amides is 2. The van der Waals surface area contributed by atoms with Gasteiger partial charge in [0.05, 0.1) is 10.6 Å². The van der Waals surface area contributed by atoms with E-state index in [2.05, 4.69) is 10.6 Å². The second kappa shape index (κ2) is 8.55. The summed E-state index contributed by atoms with van der Waals surface area (Å²) in [5.74, 6) is -0.213. The molecule has 8 nitrogen and oxygen atoms in total. The third kappa shape index (κ3) is 4.49. The molecule has 2 aromatic carbocycles. The summed E-state index contributed by atoms with van der Waals surface area (Å²) in [5, 5.41) is 5.64. The predicted molar refractivity (Wildman–Crippen MR) is 121 cm³/mol. The second-order valence-corrected chi connectivity index (χ2v) is 10.4. The van der Waals surface area contributed by atoms with Crippen LogP contribution in [0.2, 0.25) is 0 Å². The van der Waals surface area contributed by atoms with E-state index >= 15 is 0 Å². The topological polar surface area (TPSA) is 105 Å². The number of ether oxygens (including phenoxy) is 1. The summed E-state index contributed by atoms with van der Waals surface area (Å²) in [6, 6.07) is 10.3. The van der Waals surface area contributed by atoms with E-state index < -0.39 is 16.1 Å². The highest BCUT2D eigenvalue weighted by atomic mass is 32.2. The van der Waals surface area contributed by atoms with Crippen molar-refractivity contribution in [3.63, 3.8) is 0 Å². The number of hydrogen-bond acceptors (Lipinski definition) is 5. The Morgan fingerprint density at radius 3 is 2.41 bits per heavy atom. The standard InChI is InChI=1S/C23H27N3O5S/c1-14-10-15(2)12-18(11-14)24-23(28)17-6-8-26(9-7-17)32(29,30)19-4-5-21-20(13-19)25-22(27)16(3)31-21/h4-5,10-13,16-17H,6-9H2,1-3H3,(H,24,28)(H,25,27)/t16-/m1/s1. The van der Waals surface area contributed by atoms with Crippen LogP contribution in [-0.2, 0) is 19.6 Å². The lowest BCUT2D eigenvalue weighted by Crippen LogP contribution is -2.41. The molecule has 1 atom stereocenters. The Kier molecular flexibility index (Phi) is 5.96. The van der Waals surface area contributed by atoms with Crippen molar-refractivity contribution >= 4 is 33.2 Å². The molecule has 1 saturated heterocycles. The van der Waals surface area contributed by atoms with Crippen molar-refractivity contribution in [2.75, 3.05) is 23.7 Å². The molecule has 2 heterocycles. The highest BCUT2D eigenvalue weighted by Gasteiger charge is 2.33. The fourth-order valence-corrected chi connectivity index (χ4v) is 5.64. The van der Waals surface area contributed by atoms with Gasteiger partial charge in [-0.1, -0.05) is 6.07 Å². The minimum Gasteiger partial charge on any atom is -0.479 e. The van der Waals surface area contributed by atoms with Gasteiger partial charge in [0.25, 0.3) is 5.91 Å². The molecular formula is C23H27N3O5S. The number of fused-ring (bicyclic) bond motifs is 1. The maximum Gasteiger partial charge on any atom is 0.265 e. The molecule has 4 rings (SSSR count). The Bertz CT molecular complexity index is 1150. The number of rotatable bonds is 4. The van der Waals surface area contributed by atoms with Gasteiger partial charge in [0.2, 0.25) is 15.9 Å². The number of anilines is 2. The van der Waals surface area contributed by atoms with Crippen molar-refractivity contribution in [2.24, 2.45) is 5.92 Å². The van der Waals surface area contributed by atoms with Crippen LogP contribution in [-0.4, -0.2) is 43.7 Å². The van der Waals surface area contributed by atoms with Crippen molar-refractivity contribution < 1.29 is 22.7 Å². The summed E-state index contributed by atoms with van der Waals surface area (Å²) < 4.78 is 33.2. The molecule has 2 aliphatic heterocycles. The zero-order chi connectivity index (χ0) is 23.0.